The van der Waals surface area contributed by atoms with Gasteiger partial charge in [0, 0.05) is 19.0 Å². The number of rotatable bonds is 11. The van der Waals surface area contributed by atoms with E-state index in [1.54, 1.807) is 20.8 Å². The van der Waals surface area contributed by atoms with E-state index in [0.29, 0.717) is 5.56 Å². The van der Waals surface area contributed by atoms with Crippen LogP contribution in [0.4, 0.5) is 4.79 Å². The molecule has 1 aliphatic rings. The van der Waals surface area contributed by atoms with Crippen LogP contribution in [-0.2, 0) is 27.2 Å². The van der Waals surface area contributed by atoms with Crippen LogP contribution in [0.25, 0.3) is 0 Å². The lowest BCUT2D eigenvalue weighted by molar-refractivity contribution is -0.143. The smallest absolute Gasteiger partial charge is 0.408 e. The maximum absolute atomic E-state index is 14.2. The molecule has 40 heavy (non-hydrogen) atoms. The topological polar surface area (TPSA) is 108 Å². The third-order valence-corrected chi connectivity index (χ3v) is 7.11. The number of nitrogens with one attached hydrogen (secondary N) is 2. The molecule has 0 radical (unpaired) electrons. The van der Waals surface area contributed by atoms with Crippen molar-refractivity contribution in [2.45, 2.75) is 96.4 Å². The first-order chi connectivity index (χ1) is 19.1. The molecule has 0 aromatic heterocycles. The quantitative estimate of drug-likeness (QED) is 0.375. The zero-order valence-electron chi connectivity index (χ0n) is 24.3. The van der Waals surface area contributed by atoms with E-state index in [0.717, 1.165) is 49.7 Å². The third kappa shape index (κ3) is 9.37. The molecule has 0 saturated heterocycles. The molecule has 1 fully saturated rings. The standard InChI is InChI=1S/C32H45N3O5/c1-5-23-16-18-25(19-17-23)28(29(37)33-26-14-10-7-11-15-26)35(20-21-36)30(38)27(22-24-12-8-6-9-13-24)34-31(39)40-32(2,3)4/h6,8-9,12-13,16-19,26-28,36H,5,7,10-11,14-15,20-22H2,1-4H3,(H,33,37)(H,34,39). The van der Waals surface area contributed by atoms with Gasteiger partial charge in [-0.05, 0) is 56.7 Å². The SMILES string of the molecule is CCc1ccc(C(C(=O)NC2CCCCC2)N(CCO)C(=O)C(Cc2ccccc2)NC(=O)OC(C)(C)C)cc1. The van der Waals surface area contributed by atoms with Gasteiger partial charge in [0.05, 0.1) is 6.61 Å². The second-order valence-corrected chi connectivity index (χ2v) is 11.5. The zero-order chi connectivity index (χ0) is 29.1. The van der Waals surface area contributed by atoms with Gasteiger partial charge in [-0.15, -0.1) is 0 Å². The molecule has 3 rings (SSSR count). The van der Waals surface area contributed by atoms with E-state index in [1.165, 1.54) is 4.90 Å². The number of amides is 3. The Balaban J connectivity index is 1.98. The van der Waals surface area contributed by atoms with Crippen LogP contribution in [0.15, 0.2) is 54.6 Å². The molecule has 1 saturated carbocycles. The molecule has 0 bridgehead atoms. The molecule has 0 heterocycles. The maximum Gasteiger partial charge on any atom is 0.408 e. The van der Waals surface area contributed by atoms with E-state index in [4.69, 9.17) is 4.74 Å². The molecule has 0 aliphatic heterocycles. The average molecular weight is 552 g/mol. The Morgan fingerprint density at radius 1 is 0.975 bits per heavy atom. The van der Waals surface area contributed by atoms with Crippen LogP contribution in [0.3, 0.4) is 0 Å². The van der Waals surface area contributed by atoms with Gasteiger partial charge in [-0.1, -0.05) is 80.8 Å². The lowest BCUT2D eigenvalue weighted by atomic mass is 9.94. The number of aliphatic hydroxyl groups excluding tert-OH is 1. The second kappa shape index (κ2) is 14.8. The van der Waals surface area contributed by atoms with Gasteiger partial charge in [0.25, 0.3) is 0 Å². The number of carbonyl (C=O) groups is 3. The van der Waals surface area contributed by atoms with Gasteiger partial charge in [0.15, 0.2) is 0 Å². The molecule has 218 valence electrons. The summed E-state index contributed by atoms with van der Waals surface area (Å²) in [5.41, 5.74) is 1.86. The highest BCUT2D eigenvalue weighted by Gasteiger charge is 2.37. The molecule has 2 aromatic rings. The summed E-state index contributed by atoms with van der Waals surface area (Å²) in [5, 5.41) is 15.9. The molecule has 2 atom stereocenters. The van der Waals surface area contributed by atoms with Gasteiger partial charge < -0.3 is 25.4 Å². The molecule has 2 unspecified atom stereocenters. The number of benzene rings is 2. The molecular weight excluding hydrogens is 506 g/mol. The summed E-state index contributed by atoms with van der Waals surface area (Å²) in [7, 11) is 0. The van der Waals surface area contributed by atoms with Crippen molar-refractivity contribution < 1.29 is 24.2 Å². The summed E-state index contributed by atoms with van der Waals surface area (Å²) in [6.07, 6.45) is 5.39. The Morgan fingerprint density at radius 3 is 2.20 bits per heavy atom. The van der Waals surface area contributed by atoms with Crippen LogP contribution in [0.1, 0.15) is 82.5 Å². The average Bonchev–Trinajstić information content (AvgIpc) is 2.92. The number of alkyl carbamates (subject to hydrolysis) is 1. The molecular formula is C32H45N3O5. The van der Waals surface area contributed by atoms with Gasteiger partial charge in [-0.2, -0.15) is 0 Å². The van der Waals surface area contributed by atoms with Crippen LogP contribution in [0.2, 0.25) is 0 Å². The normalized spacial score (nSPS) is 15.5. The van der Waals surface area contributed by atoms with Crippen molar-refractivity contribution in [3.05, 3.63) is 71.3 Å². The Hall–Kier alpha value is -3.39. The molecule has 3 N–H and O–H groups in total. The van der Waals surface area contributed by atoms with Crippen LogP contribution in [-0.4, -0.2) is 58.8 Å². The fourth-order valence-corrected chi connectivity index (χ4v) is 5.11. The fraction of sp³-hybridized carbons (Fsp3) is 0.531. The lowest BCUT2D eigenvalue weighted by Crippen LogP contribution is -2.55. The molecule has 0 spiro atoms. The second-order valence-electron chi connectivity index (χ2n) is 11.5. The number of ether oxygens (including phenoxy) is 1. The van der Waals surface area contributed by atoms with E-state index >= 15 is 0 Å². The molecule has 2 aromatic carbocycles. The van der Waals surface area contributed by atoms with Crippen molar-refractivity contribution >= 4 is 17.9 Å². The van der Waals surface area contributed by atoms with Crippen LogP contribution in [0, 0.1) is 0 Å². The predicted molar refractivity (Wildman–Crippen MR) is 156 cm³/mol. The van der Waals surface area contributed by atoms with Crippen LogP contribution < -0.4 is 10.6 Å². The Bertz CT molecular complexity index is 1090. The Kier molecular flexibility index (Phi) is 11.6. The van der Waals surface area contributed by atoms with Gasteiger partial charge in [-0.3, -0.25) is 9.59 Å². The van der Waals surface area contributed by atoms with Crippen molar-refractivity contribution in [2.75, 3.05) is 13.2 Å². The molecule has 8 nitrogen and oxygen atoms in total. The summed E-state index contributed by atoms with van der Waals surface area (Å²) in [6.45, 7) is 6.91. The van der Waals surface area contributed by atoms with E-state index in [-0.39, 0.29) is 31.5 Å². The molecule has 1 aliphatic carbocycles. The summed E-state index contributed by atoms with van der Waals surface area (Å²) < 4.78 is 5.46. The van der Waals surface area contributed by atoms with Gasteiger partial charge >= 0.3 is 6.09 Å². The van der Waals surface area contributed by atoms with Crippen LogP contribution in [0.5, 0.6) is 0 Å². The lowest BCUT2D eigenvalue weighted by Gasteiger charge is -2.35. The summed E-state index contributed by atoms with van der Waals surface area (Å²) in [6, 6.07) is 15.1. The minimum absolute atomic E-state index is 0.0461. The van der Waals surface area contributed by atoms with Crippen molar-refractivity contribution in [2.24, 2.45) is 0 Å². The predicted octanol–water partition coefficient (Wildman–Crippen LogP) is 4.70. The number of hydrogen-bond donors (Lipinski definition) is 3. The van der Waals surface area contributed by atoms with Gasteiger partial charge in [-0.25, -0.2) is 4.79 Å². The molecule has 3 amide bonds. The third-order valence-electron chi connectivity index (χ3n) is 7.11. The summed E-state index contributed by atoms with van der Waals surface area (Å²) in [4.78, 5) is 42.3. The van der Waals surface area contributed by atoms with E-state index < -0.39 is 29.7 Å². The van der Waals surface area contributed by atoms with Crippen molar-refractivity contribution in [1.82, 2.24) is 15.5 Å². The van der Waals surface area contributed by atoms with Crippen molar-refractivity contribution in [1.29, 1.82) is 0 Å². The minimum Gasteiger partial charge on any atom is -0.444 e. The van der Waals surface area contributed by atoms with Crippen LogP contribution >= 0.6 is 0 Å². The number of aryl methyl sites for hydroxylation is 1. The molecule has 8 heteroatoms. The first-order valence-corrected chi connectivity index (χ1v) is 14.4. The van der Waals surface area contributed by atoms with Crippen molar-refractivity contribution in [3.8, 4) is 0 Å². The summed E-state index contributed by atoms with van der Waals surface area (Å²) in [5.74, 6) is -0.749. The number of nitrogens with zero attached hydrogens (tertiary/aromatic N) is 1. The highest BCUT2D eigenvalue weighted by Crippen LogP contribution is 2.26. The Morgan fingerprint density at radius 2 is 1.62 bits per heavy atom. The zero-order valence-corrected chi connectivity index (χ0v) is 24.3. The van der Waals surface area contributed by atoms with Gasteiger partial charge in [0.2, 0.25) is 11.8 Å². The highest BCUT2D eigenvalue weighted by molar-refractivity contribution is 5.92. The maximum atomic E-state index is 14.2. The van der Waals surface area contributed by atoms with Crippen molar-refractivity contribution in [3.63, 3.8) is 0 Å². The first-order valence-electron chi connectivity index (χ1n) is 14.4. The summed E-state index contributed by atoms with van der Waals surface area (Å²) >= 11 is 0. The van der Waals surface area contributed by atoms with E-state index in [9.17, 15) is 19.5 Å². The minimum atomic E-state index is -1.01. The first kappa shape index (κ1) is 31.1. The fourth-order valence-electron chi connectivity index (χ4n) is 5.11. The number of carbonyl (C=O) groups excluding carboxylic acids is 3. The number of aliphatic hydroxyl groups is 1. The monoisotopic (exact) mass is 551 g/mol. The largest absolute Gasteiger partial charge is 0.444 e. The van der Waals surface area contributed by atoms with E-state index in [2.05, 4.69) is 17.6 Å². The Labute approximate surface area is 238 Å². The van der Waals surface area contributed by atoms with E-state index in [1.807, 2.05) is 54.6 Å². The van der Waals surface area contributed by atoms with Gasteiger partial charge in [0.1, 0.15) is 17.7 Å². The number of hydrogen-bond acceptors (Lipinski definition) is 5. The highest BCUT2D eigenvalue weighted by atomic mass is 16.6.